The van der Waals surface area contributed by atoms with Gasteiger partial charge in [-0.05, 0) is 22.3 Å². The van der Waals surface area contributed by atoms with E-state index in [2.05, 4.69) is 25.1 Å². The van der Waals surface area contributed by atoms with Crippen LogP contribution >= 0.6 is 34.9 Å². The summed E-state index contributed by atoms with van der Waals surface area (Å²) in [5.41, 5.74) is 1.76. The smallest absolute Gasteiger partial charge is 0.352 e. The van der Waals surface area contributed by atoms with Crippen molar-refractivity contribution in [2.45, 2.75) is 17.0 Å². The highest BCUT2D eigenvalue weighted by Crippen LogP contribution is 2.42. The number of benzene rings is 3. The second kappa shape index (κ2) is 15.4. The fourth-order valence-electron chi connectivity index (χ4n) is 5.79. The van der Waals surface area contributed by atoms with E-state index in [0.717, 1.165) is 33.1 Å². The van der Waals surface area contributed by atoms with Gasteiger partial charge in [0.1, 0.15) is 28.7 Å². The molecule has 0 spiro atoms. The van der Waals surface area contributed by atoms with Crippen LogP contribution in [-0.4, -0.2) is 72.5 Å². The summed E-state index contributed by atoms with van der Waals surface area (Å²) in [6, 6.07) is 30.3. The number of β-lactam (4-membered cyclic amide) rings is 1. The molecule has 1 aromatic heterocycles. The van der Waals surface area contributed by atoms with Crippen molar-refractivity contribution in [2.24, 2.45) is 5.16 Å². The monoisotopic (exact) mass is 725 g/mol. The van der Waals surface area contributed by atoms with Crippen molar-refractivity contribution < 1.29 is 24.3 Å². The Labute approximate surface area is 300 Å². The number of alkyl halides is 1. The summed E-state index contributed by atoms with van der Waals surface area (Å²) in [4.78, 5) is 49.9. The number of oxime groups is 1. The van der Waals surface area contributed by atoms with Crippen molar-refractivity contribution in [3.8, 4) is 6.07 Å². The van der Waals surface area contributed by atoms with Gasteiger partial charge in [-0.1, -0.05) is 108 Å². The minimum absolute atomic E-state index is 0.101. The number of thioether (sulfide) groups is 1. The molecule has 2 aliphatic rings. The normalized spacial score (nSPS) is 17.5. The molecule has 0 aliphatic carbocycles. The number of allylic oxidation sites excluding steroid dienone is 2. The highest BCUT2D eigenvalue weighted by atomic mass is 35.5. The van der Waals surface area contributed by atoms with E-state index in [1.54, 1.807) is 18.2 Å². The van der Waals surface area contributed by atoms with E-state index in [0.29, 0.717) is 10.7 Å². The number of carbonyl (C=O) groups is 3. The third-order valence-corrected chi connectivity index (χ3v) is 10.1. The number of aliphatic carboxylic acids is 1. The van der Waals surface area contributed by atoms with Gasteiger partial charge in [-0.3, -0.25) is 14.5 Å². The number of carboxylic acids is 1. The highest BCUT2D eigenvalue weighted by molar-refractivity contribution is 8.00. The van der Waals surface area contributed by atoms with E-state index in [1.807, 2.05) is 91.0 Å². The standard InChI is InChI=1S/C35H28ClN7O5S2/c36-18-10-11-22-21-49-32-27(31(45)43(32)28(22)33(46)47)38-30(44)26(41-48-20-19-37)29-39-34(50-42-29)40-35(23-12-4-1-5-13-23,24-14-6-2-7-15-24)25-16-8-3-9-17-25/h1-17,27,32H,18,20-21H2,(H,38,44)(H,46,47)(H,39,40,42)/t27-,32+/m1/s1. The number of amides is 2. The molecule has 0 bridgehead atoms. The van der Waals surface area contributed by atoms with Gasteiger partial charge in [0.2, 0.25) is 23.3 Å². The molecule has 12 nitrogen and oxygen atoms in total. The summed E-state index contributed by atoms with van der Waals surface area (Å²) < 4.78 is 4.42. The number of carbonyl (C=O) groups excluding carboxylic acids is 2. The van der Waals surface area contributed by atoms with Crippen molar-refractivity contribution >= 4 is 63.5 Å². The minimum Gasteiger partial charge on any atom is -0.477 e. The summed E-state index contributed by atoms with van der Waals surface area (Å²) >= 11 is 8.03. The van der Waals surface area contributed by atoms with Gasteiger partial charge >= 0.3 is 5.97 Å². The number of nitrogens with one attached hydrogen (secondary N) is 2. The average Bonchev–Trinajstić information content (AvgIpc) is 3.62. The number of anilines is 1. The summed E-state index contributed by atoms with van der Waals surface area (Å²) in [6.07, 6.45) is 3.18. The third-order valence-electron chi connectivity index (χ3n) is 7.95. The number of rotatable bonds is 13. The molecule has 252 valence electrons. The number of aromatic nitrogens is 2. The van der Waals surface area contributed by atoms with Gasteiger partial charge in [-0.25, -0.2) is 4.79 Å². The number of hydrogen-bond acceptors (Lipinski definition) is 11. The van der Waals surface area contributed by atoms with Gasteiger partial charge in [-0.2, -0.15) is 14.6 Å². The van der Waals surface area contributed by atoms with Crippen LogP contribution < -0.4 is 10.6 Å². The Morgan fingerprint density at radius 1 is 1.06 bits per heavy atom. The number of halogens is 1. The lowest BCUT2D eigenvalue weighted by atomic mass is 9.77. The van der Waals surface area contributed by atoms with Gasteiger partial charge in [0.15, 0.2) is 0 Å². The zero-order valence-electron chi connectivity index (χ0n) is 26.1. The number of nitriles is 1. The maximum atomic E-state index is 13.7. The first-order chi connectivity index (χ1) is 24.4. The Bertz CT molecular complexity index is 1920. The van der Waals surface area contributed by atoms with E-state index >= 15 is 0 Å². The Hall–Kier alpha value is -5.49. The lowest BCUT2D eigenvalue weighted by Crippen LogP contribution is -2.71. The number of nitrogens with zero attached hydrogens (tertiary/aromatic N) is 5. The van der Waals surface area contributed by atoms with Gasteiger partial charge in [0, 0.05) is 23.2 Å². The molecule has 1 saturated heterocycles. The zero-order valence-corrected chi connectivity index (χ0v) is 28.5. The number of hydrogen-bond donors (Lipinski definition) is 3. The van der Waals surface area contributed by atoms with E-state index in [4.69, 9.17) is 21.7 Å². The molecule has 6 rings (SSSR count). The van der Waals surface area contributed by atoms with Crippen LogP contribution in [0.15, 0.2) is 120 Å². The summed E-state index contributed by atoms with van der Waals surface area (Å²) in [6.45, 7) is -0.453. The number of carboxylic acid groups (broad SMARTS) is 1. The van der Waals surface area contributed by atoms with Gasteiger partial charge < -0.3 is 20.6 Å². The zero-order chi connectivity index (χ0) is 35.1. The Morgan fingerprint density at radius 2 is 1.66 bits per heavy atom. The Morgan fingerprint density at radius 3 is 2.20 bits per heavy atom. The molecule has 0 unspecified atom stereocenters. The predicted octanol–water partition coefficient (Wildman–Crippen LogP) is 4.72. The molecule has 2 amide bonds. The molecule has 0 saturated carbocycles. The fourth-order valence-corrected chi connectivity index (χ4v) is 7.82. The van der Waals surface area contributed by atoms with Gasteiger partial charge in [0.05, 0.1) is 0 Å². The molecule has 3 aromatic carbocycles. The molecular weight excluding hydrogens is 698 g/mol. The molecule has 3 heterocycles. The Kier molecular flexibility index (Phi) is 10.6. The summed E-state index contributed by atoms with van der Waals surface area (Å²) in [5.74, 6) is -2.33. The second-order valence-corrected chi connectivity index (χ2v) is 13.0. The van der Waals surface area contributed by atoms with Crippen LogP contribution in [0, 0.1) is 11.3 Å². The van der Waals surface area contributed by atoms with Gasteiger partial charge in [0.25, 0.3) is 11.8 Å². The first kappa shape index (κ1) is 34.4. The largest absolute Gasteiger partial charge is 0.477 e. The first-order valence-electron chi connectivity index (χ1n) is 15.2. The van der Waals surface area contributed by atoms with Crippen LogP contribution in [0.2, 0.25) is 0 Å². The fraction of sp³-hybridized carbons (Fsp3) is 0.171. The SMILES string of the molecule is N#CCON=C(C(=O)N[C@@H]1C(=O)N2C(C(=O)O)=C(C=CCCl)CS[C@@H]12)c1nsc(NC(c2ccccc2)(c2ccccc2)c2ccccc2)n1. The molecule has 2 aliphatic heterocycles. The molecule has 15 heteroatoms. The van der Waals surface area contributed by atoms with Crippen molar-refractivity contribution in [2.75, 3.05) is 23.6 Å². The van der Waals surface area contributed by atoms with Crippen LogP contribution in [0.4, 0.5) is 5.13 Å². The third kappa shape index (κ3) is 6.71. The van der Waals surface area contributed by atoms with E-state index in [-0.39, 0.29) is 28.9 Å². The van der Waals surface area contributed by atoms with E-state index in [1.165, 1.54) is 11.8 Å². The van der Waals surface area contributed by atoms with Crippen molar-refractivity contribution in [1.82, 2.24) is 19.6 Å². The summed E-state index contributed by atoms with van der Waals surface area (Å²) in [7, 11) is 0. The van der Waals surface area contributed by atoms with Crippen LogP contribution in [0.5, 0.6) is 0 Å². The highest BCUT2D eigenvalue weighted by Gasteiger charge is 2.54. The average molecular weight is 726 g/mol. The Balaban J connectivity index is 1.31. The van der Waals surface area contributed by atoms with E-state index in [9.17, 15) is 19.5 Å². The quantitative estimate of drug-likeness (QED) is 0.0438. The molecular formula is C35H28ClN7O5S2. The molecule has 1 fully saturated rings. The molecule has 50 heavy (non-hydrogen) atoms. The van der Waals surface area contributed by atoms with Crippen molar-refractivity contribution in [1.29, 1.82) is 5.26 Å². The molecule has 2 atom stereocenters. The lowest BCUT2D eigenvalue weighted by molar-refractivity contribution is -0.150. The lowest BCUT2D eigenvalue weighted by Gasteiger charge is -2.49. The van der Waals surface area contributed by atoms with Crippen molar-refractivity contribution in [3.05, 3.63) is 137 Å². The second-order valence-electron chi connectivity index (χ2n) is 10.9. The van der Waals surface area contributed by atoms with E-state index < -0.39 is 41.3 Å². The predicted molar refractivity (Wildman–Crippen MR) is 190 cm³/mol. The topological polar surface area (TPSA) is 170 Å². The number of fused-ring (bicyclic) bond motifs is 1. The summed E-state index contributed by atoms with van der Waals surface area (Å²) in [5, 5.41) is 28.7. The van der Waals surface area contributed by atoms with Crippen LogP contribution in [0.1, 0.15) is 22.5 Å². The van der Waals surface area contributed by atoms with Crippen LogP contribution in [0.25, 0.3) is 0 Å². The molecule has 4 aromatic rings. The molecule has 0 radical (unpaired) electrons. The maximum Gasteiger partial charge on any atom is 0.352 e. The minimum atomic E-state index is -1.26. The van der Waals surface area contributed by atoms with Crippen LogP contribution in [0.3, 0.4) is 0 Å². The van der Waals surface area contributed by atoms with Gasteiger partial charge in [-0.15, -0.1) is 23.4 Å². The molecule has 3 N–H and O–H groups in total. The first-order valence-corrected chi connectivity index (χ1v) is 17.5. The van der Waals surface area contributed by atoms with Crippen LogP contribution in [-0.2, 0) is 24.8 Å². The van der Waals surface area contributed by atoms with Crippen molar-refractivity contribution in [3.63, 3.8) is 0 Å². The maximum absolute atomic E-state index is 13.7.